The number of hydrogen-bond donors (Lipinski definition) is 1. The number of rotatable bonds is 1. The zero-order valence-electron chi connectivity index (χ0n) is 6.51. The summed E-state index contributed by atoms with van der Waals surface area (Å²) in [5, 5.41) is 2.97. The molecule has 0 spiro atoms. The van der Waals surface area contributed by atoms with Gasteiger partial charge >= 0.3 is 0 Å². The van der Waals surface area contributed by atoms with Gasteiger partial charge in [0.2, 0.25) is 0 Å². The van der Waals surface area contributed by atoms with E-state index < -0.39 is 14.6 Å². The Balaban J connectivity index is 2.85. The lowest BCUT2D eigenvalue weighted by Gasteiger charge is -2.43. The Kier molecular flexibility index (Phi) is 1.56. The summed E-state index contributed by atoms with van der Waals surface area (Å²) in [5.74, 6) is 0.288. The highest BCUT2D eigenvalue weighted by atomic mass is 32.2. The molecule has 4 heteroatoms. The molecular weight excluding hydrogens is 150 g/mol. The standard InChI is InChI=1S/C6H13NO2S/c1-6(2)5(7-3)4-10(6,8)9/h5,7H,4H2,1-3H3. The molecule has 1 saturated heterocycles. The molecule has 1 atom stereocenters. The van der Waals surface area contributed by atoms with Crippen LogP contribution in [0.5, 0.6) is 0 Å². The Morgan fingerprint density at radius 1 is 1.50 bits per heavy atom. The second-order valence-electron chi connectivity index (χ2n) is 3.23. The van der Waals surface area contributed by atoms with Gasteiger partial charge in [-0.1, -0.05) is 0 Å². The third kappa shape index (κ3) is 0.787. The number of nitrogens with one attached hydrogen (secondary N) is 1. The van der Waals surface area contributed by atoms with Gasteiger partial charge < -0.3 is 5.32 Å². The van der Waals surface area contributed by atoms with Crippen molar-refractivity contribution in [1.29, 1.82) is 0 Å². The molecule has 0 aromatic rings. The highest BCUT2D eigenvalue weighted by Gasteiger charge is 2.52. The Labute approximate surface area is 61.7 Å². The average molecular weight is 163 g/mol. The maximum absolute atomic E-state index is 11.1. The Morgan fingerprint density at radius 2 is 2.00 bits per heavy atom. The van der Waals surface area contributed by atoms with E-state index in [1.54, 1.807) is 20.9 Å². The monoisotopic (exact) mass is 163 g/mol. The molecule has 0 bridgehead atoms. The van der Waals surface area contributed by atoms with Gasteiger partial charge in [0.15, 0.2) is 9.84 Å². The van der Waals surface area contributed by atoms with Gasteiger partial charge in [-0.3, -0.25) is 0 Å². The van der Waals surface area contributed by atoms with Crippen molar-refractivity contribution in [3.63, 3.8) is 0 Å². The molecule has 0 aliphatic carbocycles. The molecule has 0 amide bonds. The third-order valence-electron chi connectivity index (χ3n) is 2.38. The van der Waals surface area contributed by atoms with Gasteiger partial charge in [0.25, 0.3) is 0 Å². The van der Waals surface area contributed by atoms with Crippen LogP contribution >= 0.6 is 0 Å². The fraction of sp³-hybridized carbons (Fsp3) is 1.00. The Bertz CT molecular complexity index is 230. The summed E-state index contributed by atoms with van der Waals surface area (Å²) in [6.07, 6.45) is 0. The maximum Gasteiger partial charge on any atom is 0.158 e. The van der Waals surface area contributed by atoms with Crippen LogP contribution in [0.25, 0.3) is 0 Å². The minimum Gasteiger partial charge on any atom is -0.315 e. The molecule has 60 valence electrons. The molecule has 0 saturated carbocycles. The molecule has 0 radical (unpaired) electrons. The fourth-order valence-electron chi connectivity index (χ4n) is 1.18. The van der Waals surface area contributed by atoms with E-state index in [9.17, 15) is 8.42 Å². The summed E-state index contributed by atoms with van der Waals surface area (Å²) >= 11 is 0. The van der Waals surface area contributed by atoms with E-state index in [2.05, 4.69) is 5.32 Å². The van der Waals surface area contributed by atoms with E-state index in [0.29, 0.717) is 0 Å². The first-order valence-electron chi connectivity index (χ1n) is 3.31. The summed E-state index contributed by atoms with van der Waals surface area (Å²) in [7, 11) is -0.991. The van der Waals surface area contributed by atoms with Crippen LogP contribution in [0.2, 0.25) is 0 Å². The topological polar surface area (TPSA) is 46.2 Å². The third-order valence-corrected chi connectivity index (χ3v) is 5.04. The fourth-order valence-corrected chi connectivity index (χ4v) is 2.97. The quantitative estimate of drug-likeness (QED) is 0.581. The van der Waals surface area contributed by atoms with Gasteiger partial charge in [0.05, 0.1) is 10.5 Å². The van der Waals surface area contributed by atoms with Crippen molar-refractivity contribution in [3.8, 4) is 0 Å². The van der Waals surface area contributed by atoms with Crippen LogP contribution in [-0.4, -0.2) is 32.0 Å². The number of hydrogen-bond acceptors (Lipinski definition) is 3. The molecule has 0 aromatic heterocycles. The van der Waals surface area contributed by atoms with E-state index in [1.807, 2.05) is 0 Å². The first kappa shape index (κ1) is 8.01. The van der Waals surface area contributed by atoms with Crippen molar-refractivity contribution in [2.45, 2.75) is 24.6 Å². The lowest BCUT2D eigenvalue weighted by molar-refractivity contribution is 0.406. The van der Waals surface area contributed by atoms with Gasteiger partial charge in [0.1, 0.15) is 0 Å². The van der Waals surface area contributed by atoms with E-state index >= 15 is 0 Å². The lowest BCUT2D eigenvalue weighted by Crippen LogP contribution is -2.65. The van der Waals surface area contributed by atoms with Crippen LogP contribution in [0.15, 0.2) is 0 Å². The highest BCUT2D eigenvalue weighted by molar-refractivity contribution is 7.94. The van der Waals surface area contributed by atoms with E-state index in [4.69, 9.17) is 0 Å². The largest absolute Gasteiger partial charge is 0.315 e. The summed E-state index contributed by atoms with van der Waals surface area (Å²) in [6, 6.07) is 0.137. The molecule has 1 rings (SSSR count). The van der Waals surface area contributed by atoms with Gasteiger partial charge in [-0.15, -0.1) is 0 Å². The molecule has 3 nitrogen and oxygen atoms in total. The van der Waals surface area contributed by atoms with Crippen LogP contribution in [0.1, 0.15) is 13.8 Å². The second kappa shape index (κ2) is 1.95. The SMILES string of the molecule is CNC1CS(=O)(=O)C1(C)C. The molecule has 1 unspecified atom stereocenters. The maximum atomic E-state index is 11.1. The van der Waals surface area contributed by atoms with Crippen LogP contribution in [0, 0.1) is 0 Å². The predicted octanol–water partition coefficient (Wildman–Crippen LogP) is -0.219. The van der Waals surface area contributed by atoms with Crippen LogP contribution in [0.3, 0.4) is 0 Å². The average Bonchev–Trinajstić information content (AvgIpc) is 1.83. The molecular formula is C6H13NO2S. The zero-order valence-corrected chi connectivity index (χ0v) is 7.33. The van der Waals surface area contributed by atoms with Crippen LogP contribution in [0.4, 0.5) is 0 Å². The summed E-state index contributed by atoms with van der Waals surface area (Å²) in [6.45, 7) is 3.51. The van der Waals surface area contributed by atoms with Crippen molar-refractivity contribution >= 4 is 9.84 Å². The first-order valence-corrected chi connectivity index (χ1v) is 4.96. The van der Waals surface area contributed by atoms with Gasteiger partial charge in [-0.2, -0.15) is 0 Å². The minimum atomic E-state index is -2.78. The van der Waals surface area contributed by atoms with E-state index in [0.717, 1.165) is 0 Å². The van der Waals surface area contributed by atoms with E-state index in [1.165, 1.54) is 0 Å². The number of sulfone groups is 1. The Morgan fingerprint density at radius 3 is 2.10 bits per heavy atom. The first-order chi connectivity index (χ1) is 4.42. The van der Waals surface area contributed by atoms with Gasteiger partial charge in [-0.25, -0.2) is 8.42 Å². The molecule has 0 aromatic carbocycles. The van der Waals surface area contributed by atoms with Crippen molar-refractivity contribution < 1.29 is 8.42 Å². The molecule has 1 heterocycles. The minimum absolute atomic E-state index is 0.137. The predicted molar refractivity (Wildman–Crippen MR) is 40.7 cm³/mol. The summed E-state index contributed by atoms with van der Waals surface area (Å²) in [5.41, 5.74) is 0. The second-order valence-corrected chi connectivity index (χ2v) is 5.84. The summed E-state index contributed by atoms with van der Waals surface area (Å²) < 4.78 is 21.6. The van der Waals surface area contributed by atoms with Gasteiger partial charge in [0, 0.05) is 6.04 Å². The van der Waals surface area contributed by atoms with Crippen molar-refractivity contribution in [1.82, 2.24) is 5.32 Å². The molecule has 1 aliphatic rings. The summed E-state index contributed by atoms with van der Waals surface area (Å²) in [4.78, 5) is 0. The molecule has 1 aliphatic heterocycles. The van der Waals surface area contributed by atoms with Crippen LogP contribution < -0.4 is 5.32 Å². The molecule has 1 N–H and O–H groups in total. The van der Waals surface area contributed by atoms with Crippen molar-refractivity contribution in [3.05, 3.63) is 0 Å². The van der Waals surface area contributed by atoms with Crippen LogP contribution in [-0.2, 0) is 9.84 Å². The Hall–Kier alpha value is -0.0900. The van der Waals surface area contributed by atoms with Crippen molar-refractivity contribution in [2.75, 3.05) is 12.8 Å². The van der Waals surface area contributed by atoms with Gasteiger partial charge in [-0.05, 0) is 20.9 Å². The highest BCUT2D eigenvalue weighted by Crippen LogP contribution is 2.32. The van der Waals surface area contributed by atoms with E-state index in [-0.39, 0.29) is 11.8 Å². The molecule has 10 heavy (non-hydrogen) atoms. The lowest BCUT2D eigenvalue weighted by atomic mass is 10.0. The molecule has 1 fully saturated rings. The normalized spacial score (nSPS) is 34.9. The zero-order chi connectivity index (χ0) is 7.99. The van der Waals surface area contributed by atoms with Crippen molar-refractivity contribution in [2.24, 2.45) is 0 Å². The smallest absolute Gasteiger partial charge is 0.158 e.